The molecule has 2 unspecified atom stereocenters. The third kappa shape index (κ3) is 2.13. The van der Waals surface area contributed by atoms with Crippen LogP contribution in [0.2, 0.25) is 0 Å². The molecule has 0 saturated heterocycles. The number of nitrogens with two attached hydrogens (primary N) is 1. The van der Waals surface area contributed by atoms with E-state index in [2.05, 4.69) is 25.8 Å². The second kappa shape index (κ2) is 4.85. The largest absolute Gasteiger partial charge is 0.364 e. The first kappa shape index (κ1) is 11.3. The lowest BCUT2D eigenvalue weighted by Crippen LogP contribution is -2.39. The zero-order valence-electron chi connectivity index (χ0n) is 10.2. The number of nitrogens with one attached hydrogen (secondary N) is 1. The first-order valence-corrected chi connectivity index (χ1v) is 6.39. The van der Waals surface area contributed by atoms with E-state index in [4.69, 9.17) is 5.73 Å². The summed E-state index contributed by atoms with van der Waals surface area (Å²) in [6.45, 7) is 0. The maximum Gasteiger partial charge on any atom is 0.199 e. The van der Waals surface area contributed by atoms with Crippen molar-refractivity contribution in [2.75, 3.05) is 5.32 Å². The van der Waals surface area contributed by atoms with Crippen molar-refractivity contribution in [1.29, 1.82) is 0 Å². The van der Waals surface area contributed by atoms with E-state index in [9.17, 15) is 0 Å². The Bertz CT molecular complexity index is 523. The molecule has 0 aromatic carbocycles. The molecule has 2 aromatic heterocycles. The lowest BCUT2D eigenvalue weighted by molar-refractivity contribution is 0.525. The molecule has 0 bridgehead atoms. The fraction of sp³-hybridized carbons (Fsp3) is 0.636. The molecule has 2 heterocycles. The second-order valence-electron chi connectivity index (χ2n) is 4.79. The van der Waals surface area contributed by atoms with Crippen molar-refractivity contribution in [3.8, 4) is 0 Å². The zero-order valence-corrected chi connectivity index (χ0v) is 10.2. The van der Waals surface area contributed by atoms with E-state index in [1.807, 2.05) is 0 Å². The molecule has 96 valence electrons. The fourth-order valence-corrected chi connectivity index (χ4v) is 2.48. The van der Waals surface area contributed by atoms with Crippen LogP contribution in [0.25, 0.3) is 5.65 Å². The van der Waals surface area contributed by atoms with Crippen LogP contribution in [0.4, 0.5) is 5.82 Å². The molecule has 1 saturated carbocycles. The molecule has 1 aliphatic rings. The van der Waals surface area contributed by atoms with Gasteiger partial charge in [0, 0.05) is 12.1 Å². The van der Waals surface area contributed by atoms with Gasteiger partial charge in [0.25, 0.3) is 0 Å². The molecule has 7 heteroatoms. The number of nitrogens with zero attached hydrogens (tertiary/aromatic N) is 5. The maximum absolute atomic E-state index is 6.20. The number of aromatic nitrogens is 5. The summed E-state index contributed by atoms with van der Waals surface area (Å²) >= 11 is 0. The molecule has 0 amide bonds. The molecule has 1 fully saturated rings. The van der Waals surface area contributed by atoms with Crippen molar-refractivity contribution >= 4 is 11.5 Å². The molecular weight excluding hydrogens is 230 g/mol. The van der Waals surface area contributed by atoms with E-state index < -0.39 is 0 Å². The van der Waals surface area contributed by atoms with Gasteiger partial charge in [-0.15, -0.1) is 5.10 Å². The molecule has 3 N–H and O–H groups in total. The van der Waals surface area contributed by atoms with Crippen LogP contribution in [0.3, 0.4) is 0 Å². The average Bonchev–Trinajstić information content (AvgIpc) is 2.77. The van der Waals surface area contributed by atoms with Gasteiger partial charge in [0.05, 0.1) is 12.4 Å². The lowest BCUT2D eigenvalue weighted by atomic mass is 10.0. The normalized spacial score (nSPS) is 24.9. The molecule has 7 nitrogen and oxygen atoms in total. The molecule has 3 rings (SSSR count). The van der Waals surface area contributed by atoms with Gasteiger partial charge in [0.1, 0.15) is 0 Å². The summed E-state index contributed by atoms with van der Waals surface area (Å²) in [6.07, 6.45) is 9.21. The summed E-state index contributed by atoms with van der Waals surface area (Å²) in [5.74, 6) is 0.805. The highest BCUT2D eigenvalue weighted by molar-refractivity contribution is 5.44. The number of hydrogen-bond acceptors (Lipinski definition) is 6. The van der Waals surface area contributed by atoms with Crippen molar-refractivity contribution in [1.82, 2.24) is 25.0 Å². The topological polar surface area (TPSA) is 94.0 Å². The number of fused-ring (bicyclic) bond motifs is 1. The Morgan fingerprint density at radius 3 is 3.06 bits per heavy atom. The molecule has 1 aliphatic carbocycles. The van der Waals surface area contributed by atoms with Crippen LogP contribution in [-0.4, -0.2) is 37.1 Å². The summed E-state index contributed by atoms with van der Waals surface area (Å²) in [5, 5.41) is 14.9. The van der Waals surface area contributed by atoms with Gasteiger partial charge in [-0.25, -0.2) is 0 Å². The highest BCUT2D eigenvalue weighted by atomic mass is 15.5. The number of hydrogen-bond donors (Lipinski definition) is 2. The van der Waals surface area contributed by atoms with E-state index in [-0.39, 0.29) is 12.1 Å². The summed E-state index contributed by atoms with van der Waals surface area (Å²) in [4.78, 5) is 4.13. The van der Waals surface area contributed by atoms with E-state index >= 15 is 0 Å². The van der Waals surface area contributed by atoms with Crippen molar-refractivity contribution in [2.24, 2.45) is 5.73 Å². The minimum Gasteiger partial charge on any atom is -0.364 e. The molecule has 2 aromatic rings. The molecule has 0 spiro atoms. The van der Waals surface area contributed by atoms with Crippen molar-refractivity contribution in [3.05, 3.63) is 12.4 Å². The number of anilines is 1. The Balaban J connectivity index is 1.84. The van der Waals surface area contributed by atoms with Crippen LogP contribution >= 0.6 is 0 Å². The molecule has 0 aliphatic heterocycles. The van der Waals surface area contributed by atoms with Gasteiger partial charge in [0.15, 0.2) is 11.5 Å². The van der Waals surface area contributed by atoms with E-state index in [1.54, 1.807) is 16.9 Å². The Hall–Kier alpha value is -1.76. The first-order valence-electron chi connectivity index (χ1n) is 6.39. The summed E-state index contributed by atoms with van der Waals surface area (Å²) in [5.41, 5.74) is 6.84. The van der Waals surface area contributed by atoms with Gasteiger partial charge < -0.3 is 11.1 Å². The predicted molar refractivity (Wildman–Crippen MR) is 67.0 cm³/mol. The van der Waals surface area contributed by atoms with Crippen LogP contribution in [0, 0.1) is 0 Å². The minimum absolute atomic E-state index is 0.180. The molecule has 18 heavy (non-hydrogen) atoms. The van der Waals surface area contributed by atoms with Gasteiger partial charge in [-0.1, -0.05) is 19.3 Å². The van der Waals surface area contributed by atoms with Crippen LogP contribution in [0.1, 0.15) is 32.1 Å². The Morgan fingerprint density at radius 2 is 2.11 bits per heavy atom. The standard InChI is InChI=1S/C11H17N7/c12-8-4-2-1-3-5-9(8)14-10-6-13-7-11-15-16-17-18(10)11/h6-9,14H,1-5,12H2. The highest BCUT2D eigenvalue weighted by Crippen LogP contribution is 2.20. The maximum atomic E-state index is 6.20. The lowest BCUT2D eigenvalue weighted by Gasteiger charge is -2.23. The van der Waals surface area contributed by atoms with Crippen LogP contribution in [-0.2, 0) is 0 Å². The smallest absolute Gasteiger partial charge is 0.199 e. The molecular formula is C11H17N7. The fourth-order valence-electron chi connectivity index (χ4n) is 2.48. The van der Waals surface area contributed by atoms with Gasteiger partial charge in [-0.05, 0) is 23.3 Å². The summed E-state index contributed by atoms with van der Waals surface area (Å²) in [6, 6.07) is 0.448. The predicted octanol–water partition coefficient (Wildman–Crippen LogP) is 0.591. The molecule has 0 radical (unpaired) electrons. The van der Waals surface area contributed by atoms with Gasteiger partial charge in [-0.3, -0.25) is 4.98 Å². The van der Waals surface area contributed by atoms with E-state index in [0.717, 1.165) is 18.7 Å². The third-order valence-corrected chi connectivity index (χ3v) is 3.51. The quantitative estimate of drug-likeness (QED) is 0.754. The Kier molecular flexibility index (Phi) is 3.06. The highest BCUT2D eigenvalue weighted by Gasteiger charge is 2.21. The molecule has 2 atom stereocenters. The van der Waals surface area contributed by atoms with Crippen LogP contribution in [0.15, 0.2) is 12.4 Å². The van der Waals surface area contributed by atoms with Crippen molar-refractivity contribution in [2.45, 2.75) is 44.2 Å². The van der Waals surface area contributed by atoms with Crippen LogP contribution < -0.4 is 11.1 Å². The Morgan fingerprint density at radius 1 is 1.22 bits per heavy atom. The first-order chi connectivity index (χ1) is 8.84. The average molecular weight is 247 g/mol. The van der Waals surface area contributed by atoms with Gasteiger partial charge in [0.2, 0.25) is 0 Å². The summed E-state index contributed by atoms with van der Waals surface area (Å²) in [7, 11) is 0. The van der Waals surface area contributed by atoms with Gasteiger partial charge >= 0.3 is 0 Å². The zero-order chi connectivity index (χ0) is 12.4. The van der Waals surface area contributed by atoms with E-state index in [1.165, 1.54) is 19.3 Å². The second-order valence-corrected chi connectivity index (χ2v) is 4.79. The monoisotopic (exact) mass is 247 g/mol. The number of rotatable bonds is 2. The van der Waals surface area contributed by atoms with Gasteiger partial charge in [-0.2, -0.15) is 4.52 Å². The van der Waals surface area contributed by atoms with Crippen LogP contribution in [0.5, 0.6) is 0 Å². The SMILES string of the molecule is NC1CCCCCC1Nc1cncc2nnnn12. The summed E-state index contributed by atoms with van der Waals surface area (Å²) < 4.78 is 1.66. The van der Waals surface area contributed by atoms with Crippen molar-refractivity contribution in [3.63, 3.8) is 0 Å². The van der Waals surface area contributed by atoms with E-state index in [0.29, 0.717) is 5.65 Å². The number of tetrazole rings is 1. The van der Waals surface area contributed by atoms with Crippen molar-refractivity contribution < 1.29 is 0 Å². The third-order valence-electron chi connectivity index (χ3n) is 3.51. The minimum atomic E-state index is 0.180. The Labute approximate surface area is 105 Å².